The summed E-state index contributed by atoms with van der Waals surface area (Å²) in [4.78, 5) is 43.7. The van der Waals surface area contributed by atoms with Crippen LogP contribution >= 0.6 is 0 Å². The highest BCUT2D eigenvalue weighted by atomic mass is 19.1. The minimum Gasteiger partial charge on any atom is -0.507 e. The van der Waals surface area contributed by atoms with Crippen LogP contribution in [0.15, 0.2) is 60.0 Å². The van der Waals surface area contributed by atoms with Crippen molar-refractivity contribution in [3.8, 4) is 22.7 Å². The van der Waals surface area contributed by atoms with Crippen molar-refractivity contribution in [2.45, 2.75) is 39.7 Å². The molecular weight excluding hydrogens is 511 g/mol. The van der Waals surface area contributed by atoms with E-state index in [0.29, 0.717) is 42.2 Å². The molecule has 1 fully saturated rings. The van der Waals surface area contributed by atoms with E-state index in [2.05, 4.69) is 16.5 Å². The van der Waals surface area contributed by atoms with Gasteiger partial charge in [-0.15, -0.1) is 0 Å². The summed E-state index contributed by atoms with van der Waals surface area (Å²) >= 11 is 0. The lowest BCUT2D eigenvalue weighted by Gasteiger charge is -2.40. The SMILES string of the molecule is C=CC(=O)N1CCN(c2nc(=O)n(-c3c(C)ccnc3C(C)C)c3nc(-c4c(O)cccc4F)ccc23)[C@@H](C)C1. The highest BCUT2D eigenvalue weighted by molar-refractivity contribution is 5.91. The van der Waals surface area contributed by atoms with E-state index in [1.54, 1.807) is 23.2 Å². The summed E-state index contributed by atoms with van der Waals surface area (Å²) in [5.74, 6) is -0.618. The van der Waals surface area contributed by atoms with Gasteiger partial charge in [-0.25, -0.2) is 18.7 Å². The third-order valence-electron chi connectivity index (χ3n) is 7.28. The second kappa shape index (κ2) is 10.5. The van der Waals surface area contributed by atoms with Crippen molar-refractivity contribution in [3.63, 3.8) is 0 Å². The number of nitrogens with zero attached hydrogens (tertiary/aromatic N) is 6. The molecule has 10 heteroatoms. The first-order chi connectivity index (χ1) is 19.1. The van der Waals surface area contributed by atoms with Crippen LogP contribution in [0.3, 0.4) is 0 Å². The van der Waals surface area contributed by atoms with Crippen LogP contribution in [-0.2, 0) is 4.79 Å². The van der Waals surface area contributed by atoms with E-state index in [1.807, 2.05) is 38.7 Å². The number of hydrogen-bond acceptors (Lipinski definition) is 7. The van der Waals surface area contributed by atoms with E-state index in [0.717, 1.165) is 5.56 Å². The number of benzene rings is 1. The molecule has 1 saturated heterocycles. The molecule has 0 aliphatic carbocycles. The Labute approximate surface area is 231 Å². The van der Waals surface area contributed by atoms with E-state index in [-0.39, 0.29) is 40.5 Å². The molecule has 5 rings (SSSR count). The Balaban J connectivity index is 1.79. The number of halogens is 1. The van der Waals surface area contributed by atoms with Crippen LogP contribution in [0, 0.1) is 12.7 Å². The standard InChI is InChI=1S/C30H31FN6O3/c1-6-24(39)35-14-15-36(19(5)16-35)28-20-10-11-22(25-21(31)8-7-9-23(25)38)33-29(20)37(30(40)34-28)27-18(4)12-13-32-26(27)17(2)3/h6-13,17,19,38H,1,14-16H2,2-5H3/t19-/m0/s1. The number of fused-ring (bicyclic) bond motifs is 1. The molecule has 1 aromatic carbocycles. The molecule has 9 nitrogen and oxygen atoms in total. The van der Waals surface area contributed by atoms with E-state index >= 15 is 0 Å². The van der Waals surface area contributed by atoms with Crippen molar-refractivity contribution in [2.24, 2.45) is 0 Å². The lowest BCUT2D eigenvalue weighted by atomic mass is 10.0. The first-order valence-electron chi connectivity index (χ1n) is 13.2. The van der Waals surface area contributed by atoms with E-state index < -0.39 is 11.5 Å². The fourth-order valence-corrected chi connectivity index (χ4v) is 5.30. The smallest absolute Gasteiger partial charge is 0.355 e. The number of phenols is 1. The van der Waals surface area contributed by atoms with E-state index in [9.17, 15) is 19.1 Å². The molecule has 3 aromatic heterocycles. The van der Waals surface area contributed by atoms with E-state index in [4.69, 9.17) is 4.98 Å². The number of anilines is 1. The number of pyridine rings is 2. The Bertz CT molecular complexity index is 1680. The van der Waals surface area contributed by atoms with Crippen molar-refractivity contribution < 1.29 is 14.3 Å². The van der Waals surface area contributed by atoms with Crippen LogP contribution in [0.5, 0.6) is 5.75 Å². The molecule has 206 valence electrons. The number of aromatic hydroxyl groups is 1. The van der Waals surface area contributed by atoms with Crippen molar-refractivity contribution >= 4 is 22.8 Å². The Morgan fingerprint density at radius 3 is 2.62 bits per heavy atom. The first-order valence-corrected chi connectivity index (χ1v) is 13.2. The maximum atomic E-state index is 14.9. The number of carbonyl (C=O) groups is 1. The average Bonchev–Trinajstić information content (AvgIpc) is 2.92. The lowest BCUT2D eigenvalue weighted by molar-refractivity contribution is -0.126. The number of aromatic nitrogens is 4. The molecule has 0 saturated carbocycles. The van der Waals surface area contributed by atoms with Gasteiger partial charge >= 0.3 is 5.69 Å². The summed E-state index contributed by atoms with van der Waals surface area (Å²) in [5, 5.41) is 11.1. The topological polar surface area (TPSA) is 104 Å². The third kappa shape index (κ3) is 4.59. The number of rotatable bonds is 5. The van der Waals surface area contributed by atoms with Crippen molar-refractivity contribution in [2.75, 3.05) is 24.5 Å². The predicted molar refractivity (Wildman–Crippen MR) is 152 cm³/mol. The van der Waals surface area contributed by atoms with E-state index in [1.165, 1.54) is 28.8 Å². The van der Waals surface area contributed by atoms with Crippen molar-refractivity contribution in [1.29, 1.82) is 0 Å². The Morgan fingerprint density at radius 2 is 1.95 bits per heavy atom. The zero-order valence-corrected chi connectivity index (χ0v) is 22.9. The number of phenolic OH excluding ortho intramolecular Hbond substituents is 1. The van der Waals surface area contributed by atoms with Crippen molar-refractivity contribution in [3.05, 3.63) is 82.8 Å². The maximum Gasteiger partial charge on any atom is 0.355 e. The number of carbonyl (C=O) groups excluding carboxylic acids is 1. The van der Waals surface area contributed by atoms with Gasteiger partial charge < -0.3 is 14.9 Å². The van der Waals surface area contributed by atoms with Crippen LogP contribution in [0.1, 0.15) is 37.9 Å². The van der Waals surface area contributed by atoms with Gasteiger partial charge in [0.1, 0.15) is 17.4 Å². The summed E-state index contributed by atoms with van der Waals surface area (Å²) in [7, 11) is 0. The average molecular weight is 543 g/mol. The molecule has 0 unspecified atom stereocenters. The van der Waals surface area contributed by atoms with Crippen LogP contribution in [-0.4, -0.2) is 61.1 Å². The molecule has 1 aliphatic heterocycles. The minimum atomic E-state index is -0.632. The monoisotopic (exact) mass is 542 g/mol. The molecule has 0 spiro atoms. The molecule has 4 heterocycles. The molecule has 1 amide bonds. The molecule has 1 atom stereocenters. The molecule has 0 bridgehead atoms. The first kappa shape index (κ1) is 27.0. The molecule has 1 N–H and O–H groups in total. The normalized spacial score (nSPS) is 15.6. The molecule has 1 aliphatic rings. The highest BCUT2D eigenvalue weighted by Gasteiger charge is 2.30. The number of piperazine rings is 1. The van der Waals surface area contributed by atoms with Crippen LogP contribution in [0.25, 0.3) is 28.0 Å². The number of aryl methyl sites for hydroxylation is 1. The van der Waals surface area contributed by atoms with Crippen molar-refractivity contribution in [1.82, 2.24) is 24.4 Å². The van der Waals surface area contributed by atoms with Gasteiger partial charge in [0.2, 0.25) is 5.91 Å². The van der Waals surface area contributed by atoms with Gasteiger partial charge in [-0.1, -0.05) is 26.5 Å². The third-order valence-corrected chi connectivity index (χ3v) is 7.28. The summed E-state index contributed by atoms with van der Waals surface area (Å²) < 4.78 is 16.3. The van der Waals surface area contributed by atoms with Gasteiger partial charge in [0, 0.05) is 31.9 Å². The van der Waals surface area contributed by atoms with Gasteiger partial charge in [-0.05, 0) is 61.7 Å². The quantitative estimate of drug-likeness (QED) is 0.374. The summed E-state index contributed by atoms with van der Waals surface area (Å²) in [5.41, 5.74) is 1.91. The Morgan fingerprint density at radius 1 is 1.18 bits per heavy atom. The second-order valence-electron chi connectivity index (χ2n) is 10.3. The summed E-state index contributed by atoms with van der Waals surface area (Å²) in [6.45, 7) is 12.7. The molecule has 4 aromatic rings. The fraction of sp³-hybridized carbons (Fsp3) is 0.300. The maximum absolute atomic E-state index is 14.9. The largest absolute Gasteiger partial charge is 0.507 e. The second-order valence-corrected chi connectivity index (χ2v) is 10.3. The van der Waals surface area contributed by atoms with Gasteiger partial charge in [0.05, 0.1) is 28.0 Å². The minimum absolute atomic E-state index is 0.00850. The molecule has 0 radical (unpaired) electrons. The highest BCUT2D eigenvalue weighted by Crippen LogP contribution is 2.35. The predicted octanol–water partition coefficient (Wildman–Crippen LogP) is 4.34. The summed E-state index contributed by atoms with van der Waals surface area (Å²) in [6.07, 6.45) is 2.99. The summed E-state index contributed by atoms with van der Waals surface area (Å²) in [6, 6.07) is 9.09. The van der Waals surface area contributed by atoms with Gasteiger partial charge in [0.25, 0.3) is 0 Å². The lowest BCUT2D eigenvalue weighted by Crippen LogP contribution is -2.54. The van der Waals surface area contributed by atoms with Gasteiger partial charge in [-0.2, -0.15) is 4.98 Å². The zero-order valence-electron chi connectivity index (χ0n) is 22.9. The molecular formula is C30H31FN6O3. The Hall–Kier alpha value is -4.60. The van der Waals surface area contributed by atoms with Crippen LogP contribution in [0.4, 0.5) is 10.2 Å². The van der Waals surface area contributed by atoms with Crippen LogP contribution < -0.4 is 10.6 Å². The van der Waals surface area contributed by atoms with Gasteiger partial charge in [0.15, 0.2) is 5.65 Å². The Kier molecular flexibility index (Phi) is 7.10. The van der Waals surface area contributed by atoms with Gasteiger partial charge in [-0.3, -0.25) is 9.78 Å². The number of hydrogen-bond donors (Lipinski definition) is 1. The zero-order chi connectivity index (χ0) is 28.7. The molecule has 40 heavy (non-hydrogen) atoms. The fourth-order valence-electron chi connectivity index (χ4n) is 5.30. The van der Waals surface area contributed by atoms with Crippen LogP contribution in [0.2, 0.25) is 0 Å². The number of amides is 1.